The minimum Gasteiger partial charge on any atom is -0.369 e. The summed E-state index contributed by atoms with van der Waals surface area (Å²) in [6.07, 6.45) is -0.489. The van der Waals surface area contributed by atoms with Crippen molar-refractivity contribution in [3.8, 4) is 0 Å². The second-order valence-corrected chi connectivity index (χ2v) is 4.17. The molecule has 1 N–H and O–H groups in total. The van der Waals surface area contributed by atoms with E-state index in [9.17, 15) is 0 Å². The number of anilines is 1. The SMILES string of the molecule is COCNC(OC)c1nc(C)nc(N(COC)COC)n1. The van der Waals surface area contributed by atoms with Crippen molar-refractivity contribution in [2.45, 2.75) is 13.2 Å². The Labute approximate surface area is 124 Å². The zero-order chi connectivity index (χ0) is 15.7. The lowest BCUT2D eigenvalue weighted by Crippen LogP contribution is -2.32. The van der Waals surface area contributed by atoms with Crippen molar-refractivity contribution in [1.82, 2.24) is 20.3 Å². The minimum absolute atomic E-state index is 0.305. The second kappa shape index (κ2) is 9.53. The number of methoxy groups -OCH3 is 4. The smallest absolute Gasteiger partial charge is 0.232 e. The highest BCUT2D eigenvalue weighted by Gasteiger charge is 2.18. The van der Waals surface area contributed by atoms with E-state index in [2.05, 4.69) is 20.3 Å². The molecule has 1 heterocycles. The summed E-state index contributed by atoms with van der Waals surface area (Å²) in [5, 5.41) is 3.01. The molecule has 1 rings (SSSR count). The molecule has 0 bridgehead atoms. The van der Waals surface area contributed by atoms with Crippen LogP contribution in [0.2, 0.25) is 0 Å². The molecular formula is C12H23N5O4. The van der Waals surface area contributed by atoms with Crippen LogP contribution < -0.4 is 10.2 Å². The van der Waals surface area contributed by atoms with Crippen molar-refractivity contribution in [2.24, 2.45) is 0 Å². The van der Waals surface area contributed by atoms with Gasteiger partial charge in [-0.2, -0.15) is 9.97 Å². The Morgan fingerprint density at radius 1 is 1.00 bits per heavy atom. The highest BCUT2D eigenvalue weighted by atomic mass is 16.5. The largest absolute Gasteiger partial charge is 0.369 e. The van der Waals surface area contributed by atoms with Gasteiger partial charge in [0.05, 0.1) is 6.73 Å². The first-order chi connectivity index (χ1) is 10.2. The predicted molar refractivity (Wildman–Crippen MR) is 75.6 cm³/mol. The van der Waals surface area contributed by atoms with Gasteiger partial charge >= 0.3 is 0 Å². The summed E-state index contributed by atoms with van der Waals surface area (Å²) >= 11 is 0. The Balaban J connectivity index is 3.00. The van der Waals surface area contributed by atoms with Crippen molar-refractivity contribution in [1.29, 1.82) is 0 Å². The molecule has 1 unspecified atom stereocenters. The van der Waals surface area contributed by atoms with Gasteiger partial charge in [0.2, 0.25) is 5.95 Å². The zero-order valence-corrected chi connectivity index (χ0v) is 13.1. The van der Waals surface area contributed by atoms with Crippen LogP contribution in [0.25, 0.3) is 0 Å². The van der Waals surface area contributed by atoms with Crippen molar-refractivity contribution >= 4 is 5.95 Å². The highest BCUT2D eigenvalue weighted by Crippen LogP contribution is 2.14. The molecule has 0 aliphatic carbocycles. The molecule has 0 fully saturated rings. The van der Waals surface area contributed by atoms with Crippen LogP contribution in [0.15, 0.2) is 0 Å². The van der Waals surface area contributed by atoms with Crippen LogP contribution in [0.5, 0.6) is 0 Å². The number of rotatable bonds is 10. The molecule has 0 aliphatic heterocycles. The molecule has 1 aromatic rings. The van der Waals surface area contributed by atoms with E-state index in [1.54, 1.807) is 40.3 Å². The van der Waals surface area contributed by atoms with Gasteiger partial charge in [0.15, 0.2) is 12.1 Å². The van der Waals surface area contributed by atoms with Crippen molar-refractivity contribution in [2.75, 3.05) is 53.5 Å². The van der Waals surface area contributed by atoms with Gasteiger partial charge in [0, 0.05) is 28.4 Å². The molecule has 120 valence electrons. The lowest BCUT2D eigenvalue weighted by atomic mass is 10.5. The van der Waals surface area contributed by atoms with E-state index in [1.165, 1.54) is 0 Å². The van der Waals surface area contributed by atoms with Crippen LogP contribution in [-0.4, -0.2) is 63.6 Å². The standard InChI is InChI=1S/C12H23N5O4/c1-9-14-10(11(21-5)13-6-18-2)16-12(15-9)17(7-19-3)8-20-4/h11,13H,6-8H2,1-5H3. The first-order valence-electron chi connectivity index (χ1n) is 6.36. The Hall–Kier alpha value is -1.39. The van der Waals surface area contributed by atoms with E-state index in [-0.39, 0.29) is 0 Å². The van der Waals surface area contributed by atoms with Crippen LogP contribution in [-0.2, 0) is 18.9 Å². The van der Waals surface area contributed by atoms with Gasteiger partial charge in [-0.25, -0.2) is 4.98 Å². The molecule has 0 amide bonds. The zero-order valence-electron chi connectivity index (χ0n) is 13.1. The third-order valence-corrected chi connectivity index (χ3v) is 2.49. The number of nitrogens with one attached hydrogen (secondary N) is 1. The molecule has 1 atom stereocenters. The van der Waals surface area contributed by atoms with Crippen molar-refractivity contribution in [3.05, 3.63) is 11.6 Å². The van der Waals surface area contributed by atoms with Gasteiger partial charge in [0.1, 0.15) is 19.3 Å². The first kappa shape index (κ1) is 17.7. The van der Waals surface area contributed by atoms with Crippen LogP contribution in [0.1, 0.15) is 17.9 Å². The molecule has 21 heavy (non-hydrogen) atoms. The number of ether oxygens (including phenoxy) is 4. The summed E-state index contributed by atoms with van der Waals surface area (Å²) in [5.41, 5.74) is 0. The fourth-order valence-corrected chi connectivity index (χ4v) is 1.65. The van der Waals surface area contributed by atoms with Gasteiger partial charge in [0.25, 0.3) is 0 Å². The normalized spacial score (nSPS) is 12.4. The fourth-order valence-electron chi connectivity index (χ4n) is 1.65. The fraction of sp³-hybridized carbons (Fsp3) is 0.750. The number of hydrogen-bond acceptors (Lipinski definition) is 9. The van der Waals surface area contributed by atoms with Gasteiger partial charge in [-0.3, -0.25) is 10.2 Å². The maximum atomic E-state index is 5.32. The summed E-state index contributed by atoms with van der Waals surface area (Å²) in [7, 11) is 6.34. The first-order valence-corrected chi connectivity index (χ1v) is 6.36. The third kappa shape index (κ3) is 5.48. The maximum Gasteiger partial charge on any atom is 0.232 e. The number of nitrogens with zero attached hydrogens (tertiary/aromatic N) is 4. The summed E-state index contributed by atoms with van der Waals surface area (Å²) in [6, 6.07) is 0. The van der Waals surface area contributed by atoms with Gasteiger partial charge in [-0.1, -0.05) is 0 Å². The number of aromatic nitrogens is 3. The minimum atomic E-state index is -0.489. The monoisotopic (exact) mass is 301 g/mol. The molecule has 0 aliphatic rings. The molecule has 0 spiro atoms. The topological polar surface area (TPSA) is 90.9 Å². The number of aryl methyl sites for hydroxylation is 1. The van der Waals surface area contributed by atoms with Crippen LogP contribution in [0, 0.1) is 6.92 Å². The van der Waals surface area contributed by atoms with Crippen LogP contribution >= 0.6 is 0 Å². The lowest BCUT2D eigenvalue weighted by Gasteiger charge is -2.22. The van der Waals surface area contributed by atoms with Crippen molar-refractivity contribution in [3.63, 3.8) is 0 Å². The molecule has 0 aromatic carbocycles. The summed E-state index contributed by atoms with van der Waals surface area (Å²) < 4.78 is 20.5. The van der Waals surface area contributed by atoms with Crippen LogP contribution in [0.4, 0.5) is 5.95 Å². The van der Waals surface area contributed by atoms with E-state index >= 15 is 0 Å². The van der Waals surface area contributed by atoms with Gasteiger partial charge < -0.3 is 18.9 Å². The maximum absolute atomic E-state index is 5.32. The average Bonchev–Trinajstić information content (AvgIpc) is 2.47. The van der Waals surface area contributed by atoms with Gasteiger partial charge in [-0.05, 0) is 6.92 Å². The second-order valence-electron chi connectivity index (χ2n) is 4.17. The highest BCUT2D eigenvalue weighted by molar-refractivity contribution is 5.28. The van der Waals surface area contributed by atoms with E-state index in [1.807, 2.05) is 0 Å². The predicted octanol–water partition coefficient (Wildman–Crippen LogP) is 0.0327. The molecule has 0 radical (unpaired) electrons. The molecule has 1 aromatic heterocycles. The van der Waals surface area contributed by atoms with E-state index in [0.29, 0.717) is 37.8 Å². The van der Waals surface area contributed by atoms with Crippen LogP contribution in [0.3, 0.4) is 0 Å². The summed E-state index contributed by atoms with van der Waals surface area (Å²) in [6.45, 7) is 2.72. The Bertz CT molecular complexity index is 415. The molecule has 9 nitrogen and oxygen atoms in total. The summed E-state index contributed by atoms with van der Waals surface area (Å²) in [5.74, 6) is 1.50. The molecular weight excluding hydrogens is 278 g/mol. The lowest BCUT2D eigenvalue weighted by molar-refractivity contribution is 0.0309. The van der Waals surface area contributed by atoms with E-state index in [0.717, 1.165) is 0 Å². The quantitative estimate of drug-likeness (QED) is 0.601. The summed E-state index contributed by atoms with van der Waals surface area (Å²) in [4.78, 5) is 14.7. The molecule has 9 heteroatoms. The Morgan fingerprint density at radius 3 is 2.19 bits per heavy atom. The molecule has 0 saturated carbocycles. The Morgan fingerprint density at radius 2 is 1.67 bits per heavy atom. The van der Waals surface area contributed by atoms with Crippen molar-refractivity contribution < 1.29 is 18.9 Å². The molecule has 0 saturated heterocycles. The van der Waals surface area contributed by atoms with E-state index in [4.69, 9.17) is 18.9 Å². The van der Waals surface area contributed by atoms with Gasteiger partial charge in [-0.15, -0.1) is 0 Å². The third-order valence-electron chi connectivity index (χ3n) is 2.49. The average molecular weight is 301 g/mol. The number of hydrogen-bond donors (Lipinski definition) is 1. The Kier molecular flexibility index (Phi) is 8.01. The van der Waals surface area contributed by atoms with E-state index < -0.39 is 6.23 Å².